The highest BCUT2D eigenvalue weighted by atomic mass is 16.5. The maximum Gasteiger partial charge on any atom is 0.289 e. The molecule has 0 aliphatic carbocycles. The van der Waals surface area contributed by atoms with Gasteiger partial charge >= 0.3 is 0 Å². The Bertz CT molecular complexity index is 924. The first-order chi connectivity index (χ1) is 14.1. The highest BCUT2D eigenvalue weighted by Crippen LogP contribution is 2.33. The Morgan fingerprint density at radius 3 is 2.59 bits per heavy atom. The van der Waals surface area contributed by atoms with Gasteiger partial charge in [-0.2, -0.15) is 0 Å². The van der Waals surface area contributed by atoms with Crippen LogP contribution in [0.1, 0.15) is 52.4 Å². The maximum absolute atomic E-state index is 12.9. The average molecular weight is 395 g/mol. The number of benzene rings is 1. The minimum Gasteiger partial charge on any atom is -0.467 e. The molecule has 29 heavy (non-hydrogen) atoms. The Morgan fingerprint density at radius 2 is 1.79 bits per heavy atom. The van der Waals surface area contributed by atoms with Crippen molar-refractivity contribution in [2.24, 2.45) is 0 Å². The third-order valence-corrected chi connectivity index (χ3v) is 6.09. The molecule has 2 aromatic rings. The minimum atomic E-state index is -0.744. The van der Waals surface area contributed by atoms with E-state index in [9.17, 15) is 9.59 Å². The quantitative estimate of drug-likeness (QED) is 0.865. The second kappa shape index (κ2) is 7.22. The van der Waals surface area contributed by atoms with Crippen molar-refractivity contribution in [2.45, 2.75) is 38.0 Å². The highest BCUT2D eigenvalue weighted by Gasteiger charge is 2.43. The fourth-order valence-electron chi connectivity index (χ4n) is 4.45. The summed E-state index contributed by atoms with van der Waals surface area (Å²) in [5.74, 6) is 1.60. The molecule has 2 saturated heterocycles. The van der Waals surface area contributed by atoms with Gasteiger partial charge in [-0.25, -0.2) is 0 Å². The molecule has 0 unspecified atom stereocenters. The lowest BCUT2D eigenvalue weighted by atomic mass is 9.96. The second-order valence-electron chi connectivity index (χ2n) is 8.09. The summed E-state index contributed by atoms with van der Waals surface area (Å²) in [6.45, 7) is 3.95. The summed E-state index contributed by atoms with van der Waals surface area (Å²) < 4.78 is 12.0. The summed E-state index contributed by atoms with van der Waals surface area (Å²) in [4.78, 5) is 29.4. The van der Waals surface area contributed by atoms with Crippen LogP contribution in [-0.4, -0.2) is 53.5 Å². The van der Waals surface area contributed by atoms with Crippen molar-refractivity contribution < 1.29 is 18.7 Å². The van der Waals surface area contributed by atoms with Gasteiger partial charge in [0.2, 0.25) is 0 Å². The molecule has 0 radical (unpaired) electrons. The highest BCUT2D eigenvalue weighted by molar-refractivity contribution is 5.98. The number of hydrogen-bond donors (Lipinski definition) is 1. The molecule has 0 saturated carbocycles. The van der Waals surface area contributed by atoms with Gasteiger partial charge in [-0.3, -0.25) is 14.5 Å². The number of piperidine rings is 1. The van der Waals surface area contributed by atoms with Crippen LogP contribution in [0.2, 0.25) is 0 Å². The number of carbonyl (C=O) groups is 2. The van der Waals surface area contributed by atoms with Gasteiger partial charge in [-0.1, -0.05) is 12.1 Å². The van der Waals surface area contributed by atoms with Crippen molar-refractivity contribution in [2.75, 3.05) is 26.2 Å². The van der Waals surface area contributed by atoms with Crippen molar-refractivity contribution in [3.8, 4) is 5.75 Å². The van der Waals surface area contributed by atoms with E-state index in [2.05, 4.69) is 10.2 Å². The van der Waals surface area contributed by atoms with E-state index in [0.29, 0.717) is 43.0 Å². The zero-order valence-corrected chi connectivity index (χ0v) is 16.4. The van der Waals surface area contributed by atoms with E-state index in [1.54, 1.807) is 17.0 Å². The van der Waals surface area contributed by atoms with Crippen molar-refractivity contribution in [1.82, 2.24) is 15.1 Å². The minimum absolute atomic E-state index is 0.102. The van der Waals surface area contributed by atoms with E-state index >= 15 is 0 Å². The van der Waals surface area contributed by atoms with Gasteiger partial charge in [-0.05, 0) is 50.2 Å². The van der Waals surface area contributed by atoms with Crippen LogP contribution in [-0.2, 0) is 6.54 Å². The molecule has 152 valence electrons. The summed E-state index contributed by atoms with van der Waals surface area (Å²) >= 11 is 0. The molecule has 3 aliphatic heterocycles. The summed E-state index contributed by atoms with van der Waals surface area (Å²) in [6, 6.07) is 10.9. The van der Waals surface area contributed by atoms with Crippen LogP contribution in [0.4, 0.5) is 0 Å². The topological polar surface area (TPSA) is 75.0 Å². The van der Waals surface area contributed by atoms with E-state index in [0.717, 1.165) is 25.4 Å². The molecule has 0 bridgehead atoms. The van der Waals surface area contributed by atoms with Crippen LogP contribution in [0.5, 0.6) is 5.75 Å². The first kappa shape index (κ1) is 18.2. The van der Waals surface area contributed by atoms with Crippen LogP contribution in [0.3, 0.4) is 0 Å². The molecule has 3 aliphatic rings. The molecular formula is C22H25N3O4. The zero-order chi connectivity index (χ0) is 19.8. The fourth-order valence-corrected chi connectivity index (χ4v) is 4.45. The van der Waals surface area contributed by atoms with Crippen LogP contribution < -0.4 is 10.1 Å². The van der Waals surface area contributed by atoms with Crippen LogP contribution in [0.15, 0.2) is 40.8 Å². The first-order valence-corrected chi connectivity index (χ1v) is 10.3. The van der Waals surface area contributed by atoms with Gasteiger partial charge < -0.3 is 19.4 Å². The predicted octanol–water partition coefficient (Wildman–Crippen LogP) is 2.63. The largest absolute Gasteiger partial charge is 0.467 e. The van der Waals surface area contributed by atoms with Crippen LogP contribution >= 0.6 is 0 Å². The maximum atomic E-state index is 12.9. The molecule has 1 aromatic heterocycles. The normalized spacial score (nSPS) is 21.0. The Labute approximate surface area is 169 Å². The number of para-hydroxylation sites is 1. The van der Waals surface area contributed by atoms with Gasteiger partial charge in [0.15, 0.2) is 11.5 Å². The van der Waals surface area contributed by atoms with Crippen LogP contribution in [0.25, 0.3) is 0 Å². The lowest BCUT2D eigenvalue weighted by molar-refractivity contribution is -0.0251. The van der Waals surface area contributed by atoms with E-state index in [1.165, 1.54) is 12.8 Å². The number of ether oxygens (including phenoxy) is 1. The molecule has 7 nitrogen and oxygen atoms in total. The summed E-state index contributed by atoms with van der Waals surface area (Å²) in [6.07, 6.45) is 3.54. The lowest BCUT2D eigenvalue weighted by Crippen LogP contribution is -2.61. The molecule has 7 heteroatoms. The lowest BCUT2D eigenvalue weighted by Gasteiger charge is -2.44. The molecule has 1 N–H and O–H groups in total. The molecule has 1 spiro atoms. The number of rotatable bonds is 3. The third kappa shape index (κ3) is 3.51. The standard InChI is InChI=1S/C22H25N3O4/c26-20-17-5-1-2-6-18(17)29-22(23-20)9-13-25(14-10-22)21(27)19-8-7-16(28-19)15-24-11-3-4-12-24/h1-2,5-8H,3-4,9-15H2,(H,23,26). The van der Waals surface area contributed by atoms with Gasteiger partial charge in [-0.15, -0.1) is 0 Å². The van der Waals surface area contributed by atoms with Crippen molar-refractivity contribution in [3.05, 3.63) is 53.5 Å². The van der Waals surface area contributed by atoms with E-state index in [1.807, 2.05) is 24.3 Å². The number of likely N-dealkylation sites (tertiary alicyclic amines) is 2. The van der Waals surface area contributed by atoms with E-state index in [-0.39, 0.29) is 11.8 Å². The molecule has 0 atom stereocenters. The van der Waals surface area contributed by atoms with E-state index < -0.39 is 5.72 Å². The number of amides is 2. The number of nitrogens with zero attached hydrogens (tertiary/aromatic N) is 2. The summed E-state index contributed by atoms with van der Waals surface area (Å²) in [5.41, 5.74) is -0.190. The van der Waals surface area contributed by atoms with Gasteiger partial charge in [0.25, 0.3) is 11.8 Å². The molecular weight excluding hydrogens is 370 g/mol. The Kier molecular flexibility index (Phi) is 4.54. The summed E-state index contributed by atoms with van der Waals surface area (Å²) in [7, 11) is 0. The van der Waals surface area contributed by atoms with Crippen molar-refractivity contribution in [3.63, 3.8) is 0 Å². The predicted molar refractivity (Wildman–Crippen MR) is 106 cm³/mol. The second-order valence-corrected chi connectivity index (χ2v) is 8.09. The van der Waals surface area contributed by atoms with Gasteiger partial charge in [0, 0.05) is 25.9 Å². The number of carbonyl (C=O) groups excluding carboxylic acids is 2. The van der Waals surface area contributed by atoms with Crippen LogP contribution in [0, 0.1) is 0 Å². The monoisotopic (exact) mass is 395 g/mol. The van der Waals surface area contributed by atoms with Crippen molar-refractivity contribution in [1.29, 1.82) is 0 Å². The molecule has 1 aromatic carbocycles. The fraction of sp³-hybridized carbons (Fsp3) is 0.455. The third-order valence-electron chi connectivity index (χ3n) is 6.09. The van der Waals surface area contributed by atoms with Crippen molar-refractivity contribution >= 4 is 11.8 Å². The molecule has 2 amide bonds. The van der Waals surface area contributed by atoms with Gasteiger partial charge in [0.1, 0.15) is 11.5 Å². The van der Waals surface area contributed by atoms with Gasteiger partial charge in [0.05, 0.1) is 12.1 Å². The zero-order valence-electron chi connectivity index (χ0n) is 16.4. The number of hydrogen-bond acceptors (Lipinski definition) is 5. The Balaban J connectivity index is 1.22. The Morgan fingerprint density at radius 1 is 1.03 bits per heavy atom. The molecule has 2 fully saturated rings. The average Bonchev–Trinajstić information content (AvgIpc) is 3.41. The number of furan rings is 1. The number of fused-ring (bicyclic) bond motifs is 1. The number of nitrogens with one attached hydrogen (secondary N) is 1. The molecule has 4 heterocycles. The summed E-state index contributed by atoms with van der Waals surface area (Å²) in [5, 5.41) is 3.00. The van der Waals surface area contributed by atoms with E-state index in [4.69, 9.17) is 9.15 Å². The Hall–Kier alpha value is -2.80. The smallest absolute Gasteiger partial charge is 0.289 e. The SMILES string of the molecule is O=C1NC2(CCN(C(=O)c3ccc(CN4CCCC4)o3)CC2)Oc2ccccc21. The first-order valence-electron chi connectivity index (χ1n) is 10.3. The molecule has 5 rings (SSSR count).